The van der Waals surface area contributed by atoms with Crippen LogP contribution < -0.4 is 0 Å². The summed E-state index contributed by atoms with van der Waals surface area (Å²) < 4.78 is 5.04. The molecule has 16 heavy (non-hydrogen) atoms. The van der Waals surface area contributed by atoms with Gasteiger partial charge in [-0.2, -0.15) is 0 Å². The van der Waals surface area contributed by atoms with Crippen molar-refractivity contribution >= 4 is 27.6 Å². The SMILES string of the molecule is CCOC(=O)c1cc(C)cc(Br)c1[N+](=O)[O-]. The van der Waals surface area contributed by atoms with Gasteiger partial charge in [0.2, 0.25) is 0 Å². The second-order valence-corrected chi connectivity index (χ2v) is 3.97. The molecule has 0 heterocycles. The van der Waals surface area contributed by atoms with Crippen molar-refractivity contribution < 1.29 is 14.5 Å². The first-order valence-corrected chi connectivity index (χ1v) is 5.38. The van der Waals surface area contributed by atoms with E-state index in [4.69, 9.17) is 4.74 Å². The van der Waals surface area contributed by atoms with E-state index in [9.17, 15) is 14.9 Å². The van der Waals surface area contributed by atoms with Crippen LogP contribution in [0.3, 0.4) is 0 Å². The molecule has 0 saturated carbocycles. The van der Waals surface area contributed by atoms with E-state index in [2.05, 4.69) is 15.9 Å². The molecule has 1 rings (SSSR count). The van der Waals surface area contributed by atoms with Crippen LogP contribution in [-0.2, 0) is 4.74 Å². The van der Waals surface area contributed by atoms with Gasteiger partial charge in [0.15, 0.2) is 0 Å². The van der Waals surface area contributed by atoms with E-state index >= 15 is 0 Å². The third-order valence-electron chi connectivity index (χ3n) is 1.89. The average Bonchev–Trinajstić information content (AvgIpc) is 2.15. The number of benzene rings is 1. The van der Waals surface area contributed by atoms with Crippen molar-refractivity contribution in [3.8, 4) is 0 Å². The summed E-state index contributed by atoms with van der Waals surface area (Å²) in [5, 5.41) is 10.8. The molecule has 0 radical (unpaired) electrons. The van der Waals surface area contributed by atoms with Crippen molar-refractivity contribution in [2.45, 2.75) is 13.8 Å². The van der Waals surface area contributed by atoms with Crippen LogP contribution in [0.4, 0.5) is 5.69 Å². The van der Waals surface area contributed by atoms with Gasteiger partial charge in [-0.1, -0.05) is 0 Å². The summed E-state index contributed by atoms with van der Waals surface area (Å²) in [6, 6.07) is 3.03. The highest BCUT2D eigenvalue weighted by molar-refractivity contribution is 9.10. The Morgan fingerprint density at radius 1 is 1.56 bits per heavy atom. The smallest absolute Gasteiger partial charge is 0.345 e. The van der Waals surface area contributed by atoms with Gasteiger partial charge in [-0.15, -0.1) is 0 Å². The number of esters is 1. The second-order valence-electron chi connectivity index (χ2n) is 3.12. The van der Waals surface area contributed by atoms with Gasteiger partial charge in [-0.3, -0.25) is 10.1 Å². The van der Waals surface area contributed by atoms with Gasteiger partial charge in [0.25, 0.3) is 5.69 Å². The average molecular weight is 288 g/mol. The van der Waals surface area contributed by atoms with Crippen LogP contribution in [0.1, 0.15) is 22.8 Å². The predicted octanol–water partition coefficient (Wildman–Crippen LogP) is 2.84. The van der Waals surface area contributed by atoms with Crippen molar-refractivity contribution in [3.05, 3.63) is 37.8 Å². The number of rotatable bonds is 3. The molecule has 0 unspecified atom stereocenters. The number of carbonyl (C=O) groups excluding carboxylic acids is 1. The van der Waals surface area contributed by atoms with E-state index in [1.807, 2.05) is 0 Å². The molecule has 0 atom stereocenters. The van der Waals surface area contributed by atoms with Gasteiger partial charge in [0.1, 0.15) is 5.56 Å². The summed E-state index contributed by atoms with van der Waals surface area (Å²) in [5.41, 5.74) is 0.461. The molecule has 0 aliphatic carbocycles. The number of carbonyl (C=O) groups is 1. The number of hydrogen-bond acceptors (Lipinski definition) is 4. The maximum absolute atomic E-state index is 11.5. The zero-order valence-corrected chi connectivity index (χ0v) is 10.4. The van der Waals surface area contributed by atoms with Crippen molar-refractivity contribution in [3.63, 3.8) is 0 Å². The normalized spacial score (nSPS) is 9.94. The maximum atomic E-state index is 11.5. The molecular weight excluding hydrogens is 278 g/mol. The minimum absolute atomic E-state index is 0.0290. The molecule has 86 valence electrons. The topological polar surface area (TPSA) is 69.4 Å². The number of halogens is 1. The van der Waals surface area contributed by atoms with Gasteiger partial charge in [0.05, 0.1) is 16.0 Å². The van der Waals surface area contributed by atoms with E-state index < -0.39 is 10.9 Å². The Morgan fingerprint density at radius 2 is 2.19 bits per heavy atom. The lowest BCUT2D eigenvalue weighted by Gasteiger charge is -2.05. The summed E-state index contributed by atoms with van der Waals surface area (Å²) in [6.45, 7) is 3.58. The molecule has 0 amide bonds. The van der Waals surface area contributed by atoms with Crippen LogP contribution in [0.15, 0.2) is 16.6 Å². The third-order valence-corrected chi connectivity index (χ3v) is 2.49. The van der Waals surface area contributed by atoms with E-state index in [-0.39, 0.29) is 22.3 Å². The van der Waals surface area contributed by atoms with Gasteiger partial charge in [-0.05, 0) is 47.5 Å². The Hall–Kier alpha value is -1.43. The van der Waals surface area contributed by atoms with Crippen LogP contribution in [0, 0.1) is 17.0 Å². The summed E-state index contributed by atoms with van der Waals surface area (Å²) >= 11 is 3.07. The molecule has 0 saturated heterocycles. The van der Waals surface area contributed by atoms with E-state index in [0.29, 0.717) is 0 Å². The third kappa shape index (κ3) is 2.57. The maximum Gasteiger partial charge on any atom is 0.345 e. The van der Waals surface area contributed by atoms with Crippen LogP contribution in [0.25, 0.3) is 0 Å². The zero-order valence-electron chi connectivity index (χ0n) is 8.82. The molecule has 0 bridgehead atoms. The first-order chi connectivity index (χ1) is 7.47. The lowest BCUT2D eigenvalue weighted by Crippen LogP contribution is -2.08. The van der Waals surface area contributed by atoms with Crippen molar-refractivity contribution in [2.24, 2.45) is 0 Å². The van der Waals surface area contributed by atoms with Crippen molar-refractivity contribution in [2.75, 3.05) is 6.61 Å². The number of hydrogen-bond donors (Lipinski definition) is 0. The van der Waals surface area contributed by atoms with Gasteiger partial charge >= 0.3 is 5.97 Å². The number of nitro groups is 1. The Bertz CT molecular complexity index is 445. The molecule has 0 aliphatic rings. The Morgan fingerprint density at radius 3 is 2.69 bits per heavy atom. The minimum atomic E-state index is -0.682. The molecule has 1 aromatic carbocycles. The summed E-state index contributed by atoms with van der Waals surface area (Å²) in [7, 11) is 0. The Labute approximate surface area is 101 Å². The summed E-state index contributed by atoms with van der Waals surface area (Å²) in [5.74, 6) is -0.682. The first-order valence-electron chi connectivity index (χ1n) is 4.59. The lowest BCUT2D eigenvalue weighted by molar-refractivity contribution is -0.386. The molecular formula is C10H10BrNO4. The van der Waals surface area contributed by atoms with Gasteiger partial charge < -0.3 is 4.74 Å². The molecule has 0 fully saturated rings. The van der Waals surface area contributed by atoms with Crippen LogP contribution in [0.5, 0.6) is 0 Å². The molecule has 0 aliphatic heterocycles. The molecule has 0 aromatic heterocycles. The number of ether oxygens (including phenoxy) is 1. The van der Waals surface area contributed by atoms with Gasteiger partial charge in [0, 0.05) is 0 Å². The molecule has 0 N–H and O–H groups in total. The monoisotopic (exact) mass is 287 g/mol. The fourth-order valence-electron chi connectivity index (χ4n) is 1.28. The van der Waals surface area contributed by atoms with E-state index in [1.165, 1.54) is 6.07 Å². The fourth-order valence-corrected chi connectivity index (χ4v) is 2.00. The summed E-state index contributed by atoms with van der Waals surface area (Å²) in [6.07, 6.45) is 0. The minimum Gasteiger partial charge on any atom is -0.462 e. The zero-order chi connectivity index (χ0) is 12.3. The van der Waals surface area contributed by atoms with Crippen molar-refractivity contribution in [1.29, 1.82) is 0 Å². The van der Waals surface area contributed by atoms with Crippen LogP contribution >= 0.6 is 15.9 Å². The summed E-state index contributed by atoms with van der Waals surface area (Å²) in [4.78, 5) is 21.8. The highest BCUT2D eigenvalue weighted by atomic mass is 79.9. The van der Waals surface area contributed by atoms with E-state index in [0.717, 1.165) is 5.56 Å². The standard InChI is InChI=1S/C10H10BrNO4/c1-3-16-10(13)7-4-6(2)5-8(11)9(7)12(14)15/h4-5H,3H2,1-2H3. The van der Waals surface area contributed by atoms with Crippen LogP contribution in [-0.4, -0.2) is 17.5 Å². The second kappa shape index (κ2) is 5.07. The van der Waals surface area contributed by atoms with Crippen molar-refractivity contribution in [1.82, 2.24) is 0 Å². The quantitative estimate of drug-likeness (QED) is 0.487. The molecule has 1 aromatic rings. The Balaban J connectivity index is 3.35. The highest BCUT2D eigenvalue weighted by Gasteiger charge is 2.25. The number of nitro benzene ring substituents is 1. The molecule has 0 spiro atoms. The predicted molar refractivity (Wildman–Crippen MR) is 61.5 cm³/mol. The Kier molecular flexibility index (Phi) is 4.00. The highest BCUT2D eigenvalue weighted by Crippen LogP contribution is 2.30. The molecule has 6 heteroatoms. The fraction of sp³-hybridized carbons (Fsp3) is 0.300. The van der Waals surface area contributed by atoms with E-state index in [1.54, 1.807) is 19.9 Å². The van der Waals surface area contributed by atoms with Crippen LogP contribution in [0.2, 0.25) is 0 Å². The largest absolute Gasteiger partial charge is 0.462 e. The van der Waals surface area contributed by atoms with Gasteiger partial charge in [-0.25, -0.2) is 4.79 Å². The molecule has 5 nitrogen and oxygen atoms in total. The number of aryl methyl sites for hydroxylation is 1. The lowest BCUT2D eigenvalue weighted by atomic mass is 10.1. The number of nitrogens with zero attached hydrogens (tertiary/aromatic N) is 1. The first kappa shape index (κ1) is 12.6.